The summed E-state index contributed by atoms with van der Waals surface area (Å²) < 4.78 is 21.6. The molecule has 0 saturated carbocycles. The molecule has 220 valence electrons. The smallest absolute Gasteiger partial charge is 0.343 e. The molecule has 9 nitrogen and oxygen atoms in total. The quantitative estimate of drug-likeness (QED) is 0.112. The predicted octanol–water partition coefficient (Wildman–Crippen LogP) is 6.45. The van der Waals surface area contributed by atoms with Crippen molar-refractivity contribution in [3.05, 3.63) is 108 Å². The molecular formula is C33H35NO8. The third kappa shape index (κ3) is 10.6. The molecule has 0 bridgehead atoms. The molecule has 2 aromatic rings. The number of rotatable bonds is 15. The maximum Gasteiger partial charge on any atom is 0.343 e. The number of carbonyl (C=O) groups is 4. The van der Waals surface area contributed by atoms with Crippen LogP contribution in [0.25, 0.3) is 0 Å². The summed E-state index contributed by atoms with van der Waals surface area (Å²) in [6.07, 6.45) is 8.70. The van der Waals surface area contributed by atoms with Gasteiger partial charge in [0, 0.05) is 30.2 Å². The second-order valence-corrected chi connectivity index (χ2v) is 9.52. The van der Waals surface area contributed by atoms with Gasteiger partial charge in [0.25, 0.3) is 5.91 Å². The molecule has 0 atom stereocenters. The van der Waals surface area contributed by atoms with Gasteiger partial charge in [-0.15, -0.1) is 0 Å². The Morgan fingerprint density at radius 3 is 1.81 bits per heavy atom. The van der Waals surface area contributed by atoms with Crippen LogP contribution in [0, 0.1) is 0 Å². The Morgan fingerprint density at radius 1 is 0.786 bits per heavy atom. The highest BCUT2D eigenvalue weighted by molar-refractivity contribution is 6.03. The van der Waals surface area contributed by atoms with E-state index in [2.05, 4.69) is 18.5 Å². The van der Waals surface area contributed by atoms with Gasteiger partial charge < -0.3 is 24.3 Å². The fourth-order valence-electron chi connectivity index (χ4n) is 3.72. The van der Waals surface area contributed by atoms with Crippen molar-refractivity contribution in [1.82, 2.24) is 0 Å². The highest BCUT2D eigenvalue weighted by Crippen LogP contribution is 2.23. The first-order valence-electron chi connectivity index (χ1n) is 13.7. The van der Waals surface area contributed by atoms with Gasteiger partial charge in [-0.05, 0) is 93.3 Å². The monoisotopic (exact) mass is 573 g/mol. The van der Waals surface area contributed by atoms with Gasteiger partial charge in [-0.2, -0.15) is 0 Å². The van der Waals surface area contributed by atoms with Crippen molar-refractivity contribution in [2.45, 2.75) is 45.4 Å². The number of benzene rings is 2. The number of esters is 3. The molecule has 0 saturated heterocycles. The van der Waals surface area contributed by atoms with Crippen LogP contribution in [-0.4, -0.2) is 37.0 Å². The SMILES string of the molecule is C=CC(=O)OCCCCCCOc1ccc(C(=O)OC2=CC=C(OC(=O)c3ccc(NC(=O)C(=C)C)cc3)CC2)cc1. The normalized spacial score (nSPS) is 12.2. The van der Waals surface area contributed by atoms with Crippen LogP contribution in [0.5, 0.6) is 5.75 Å². The molecule has 0 radical (unpaired) electrons. The lowest BCUT2D eigenvalue weighted by Gasteiger charge is -2.15. The Bertz CT molecular complexity index is 1350. The van der Waals surface area contributed by atoms with E-state index < -0.39 is 17.9 Å². The first kappa shape index (κ1) is 31.6. The summed E-state index contributed by atoms with van der Waals surface area (Å²) in [5.74, 6) is -0.135. The van der Waals surface area contributed by atoms with Crippen molar-refractivity contribution in [1.29, 1.82) is 0 Å². The van der Waals surface area contributed by atoms with E-state index in [1.165, 1.54) is 0 Å². The van der Waals surface area contributed by atoms with Crippen molar-refractivity contribution in [3.8, 4) is 5.75 Å². The lowest BCUT2D eigenvalue weighted by Crippen LogP contribution is -2.12. The van der Waals surface area contributed by atoms with Crippen molar-refractivity contribution >= 4 is 29.5 Å². The van der Waals surface area contributed by atoms with Gasteiger partial charge in [-0.1, -0.05) is 13.2 Å². The Hall–Kier alpha value is -4.92. The Morgan fingerprint density at radius 2 is 1.31 bits per heavy atom. The van der Waals surface area contributed by atoms with Crippen LogP contribution >= 0.6 is 0 Å². The zero-order chi connectivity index (χ0) is 30.3. The predicted molar refractivity (Wildman–Crippen MR) is 158 cm³/mol. The average Bonchev–Trinajstić information content (AvgIpc) is 2.99. The Balaban J connectivity index is 1.38. The van der Waals surface area contributed by atoms with Crippen molar-refractivity contribution < 1.29 is 38.1 Å². The van der Waals surface area contributed by atoms with Gasteiger partial charge in [0.2, 0.25) is 0 Å². The molecule has 0 fully saturated rings. The number of amides is 1. The van der Waals surface area contributed by atoms with Crippen molar-refractivity contribution in [2.75, 3.05) is 18.5 Å². The lowest BCUT2D eigenvalue weighted by atomic mass is 10.1. The summed E-state index contributed by atoms with van der Waals surface area (Å²) in [4.78, 5) is 47.8. The van der Waals surface area contributed by atoms with E-state index in [0.29, 0.717) is 65.7 Å². The number of nitrogens with one attached hydrogen (secondary N) is 1. The molecule has 1 aliphatic carbocycles. The van der Waals surface area contributed by atoms with Crippen molar-refractivity contribution in [3.63, 3.8) is 0 Å². The molecule has 9 heteroatoms. The minimum atomic E-state index is -0.526. The van der Waals surface area contributed by atoms with Crippen LogP contribution in [0.4, 0.5) is 5.69 Å². The molecule has 0 aromatic heterocycles. The summed E-state index contributed by atoms with van der Waals surface area (Å²) in [6.45, 7) is 9.48. The van der Waals surface area contributed by atoms with E-state index >= 15 is 0 Å². The molecule has 1 N–H and O–H groups in total. The number of ether oxygens (including phenoxy) is 4. The van der Waals surface area contributed by atoms with E-state index in [9.17, 15) is 19.2 Å². The summed E-state index contributed by atoms with van der Waals surface area (Å²) in [7, 11) is 0. The number of allylic oxidation sites excluding steroid dienone is 4. The van der Waals surface area contributed by atoms with Crippen molar-refractivity contribution in [2.24, 2.45) is 0 Å². The fourth-order valence-corrected chi connectivity index (χ4v) is 3.72. The number of anilines is 1. The third-order valence-corrected chi connectivity index (χ3v) is 6.10. The number of hydrogen-bond donors (Lipinski definition) is 1. The molecule has 0 spiro atoms. The zero-order valence-electron chi connectivity index (χ0n) is 23.7. The summed E-state index contributed by atoms with van der Waals surface area (Å²) in [6, 6.07) is 13.1. The number of carbonyl (C=O) groups excluding carboxylic acids is 4. The molecular weight excluding hydrogens is 538 g/mol. The van der Waals surface area contributed by atoms with Gasteiger partial charge in [0.1, 0.15) is 17.3 Å². The highest BCUT2D eigenvalue weighted by atomic mass is 16.5. The Kier molecular flexibility index (Phi) is 12.3. The summed E-state index contributed by atoms with van der Waals surface area (Å²) in [5.41, 5.74) is 1.65. The molecule has 2 aromatic carbocycles. The van der Waals surface area contributed by atoms with Crippen LogP contribution < -0.4 is 10.1 Å². The van der Waals surface area contributed by atoms with E-state index in [1.54, 1.807) is 67.6 Å². The van der Waals surface area contributed by atoms with Crippen LogP contribution in [0.15, 0.2) is 97.0 Å². The van der Waals surface area contributed by atoms with Crippen LogP contribution in [-0.2, 0) is 23.8 Å². The van der Waals surface area contributed by atoms with Gasteiger partial charge in [-0.3, -0.25) is 4.79 Å². The first-order valence-corrected chi connectivity index (χ1v) is 13.7. The zero-order valence-corrected chi connectivity index (χ0v) is 23.7. The molecule has 3 rings (SSSR count). The van der Waals surface area contributed by atoms with Crippen LogP contribution in [0.3, 0.4) is 0 Å². The van der Waals surface area contributed by atoms with E-state index in [-0.39, 0.29) is 5.91 Å². The summed E-state index contributed by atoms with van der Waals surface area (Å²) in [5, 5.41) is 2.67. The van der Waals surface area contributed by atoms with Gasteiger partial charge in [0.15, 0.2) is 0 Å². The third-order valence-electron chi connectivity index (χ3n) is 6.10. The summed E-state index contributed by atoms with van der Waals surface area (Å²) >= 11 is 0. The maximum atomic E-state index is 12.6. The van der Waals surface area contributed by atoms with E-state index in [1.807, 2.05) is 0 Å². The van der Waals surface area contributed by atoms with Gasteiger partial charge in [-0.25, -0.2) is 14.4 Å². The molecule has 42 heavy (non-hydrogen) atoms. The van der Waals surface area contributed by atoms with Gasteiger partial charge in [0.05, 0.1) is 24.3 Å². The molecule has 1 aliphatic rings. The fraction of sp³-hybridized carbons (Fsp3) is 0.273. The first-order chi connectivity index (χ1) is 20.2. The second kappa shape index (κ2) is 16.4. The van der Waals surface area contributed by atoms with Gasteiger partial charge >= 0.3 is 17.9 Å². The number of unbranched alkanes of at least 4 members (excludes halogenated alkanes) is 3. The standard InChI is InChI=1S/C33H35NO8/c1-4-30(35)40-22-8-6-5-7-21-39-27-15-11-25(12-16-27)33(38)42-29-19-17-28(18-20-29)41-32(37)24-9-13-26(14-10-24)34-31(36)23(2)3/h4,9-17,19H,1-2,5-8,18,20-22H2,3H3,(H,34,36). The van der Waals surface area contributed by atoms with E-state index in [0.717, 1.165) is 31.8 Å². The topological polar surface area (TPSA) is 117 Å². The molecule has 0 unspecified atom stereocenters. The van der Waals surface area contributed by atoms with Crippen LogP contribution in [0.2, 0.25) is 0 Å². The molecule has 0 heterocycles. The average molecular weight is 574 g/mol. The Labute approximate surface area is 245 Å². The minimum Gasteiger partial charge on any atom is -0.494 e. The lowest BCUT2D eigenvalue weighted by molar-refractivity contribution is -0.137. The molecule has 1 amide bonds. The number of hydrogen-bond acceptors (Lipinski definition) is 8. The second-order valence-electron chi connectivity index (χ2n) is 9.52. The largest absolute Gasteiger partial charge is 0.494 e. The highest BCUT2D eigenvalue weighted by Gasteiger charge is 2.17. The van der Waals surface area contributed by atoms with E-state index in [4.69, 9.17) is 18.9 Å². The molecule has 0 aliphatic heterocycles. The van der Waals surface area contributed by atoms with Crippen LogP contribution in [0.1, 0.15) is 66.2 Å². The minimum absolute atomic E-state index is 0.298. The maximum absolute atomic E-state index is 12.6.